The topological polar surface area (TPSA) is 133 Å². The van der Waals surface area contributed by atoms with Gasteiger partial charge in [0.1, 0.15) is 22.8 Å². The van der Waals surface area contributed by atoms with Gasteiger partial charge in [0.2, 0.25) is 0 Å². The monoisotopic (exact) mass is 602 g/mol. The summed E-state index contributed by atoms with van der Waals surface area (Å²) in [4.78, 5) is 50.3. The molecule has 0 bridgehead atoms. The Balaban J connectivity index is 1.76. The number of benzene rings is 1. The molecule has 0 saturated carbocycles. The first-order valence-electron chi connectivity index (χ1n) is 13.4. The van der Waals surface area contributed by atoms with Gasteiger partial charge in [0.05, 0.1) is 36.7 Å². The van der Waals surface area contributed by atoms with Crippen molar-refractivity contribution in [3.63, 3.8) is 0 Å². The summed E-state index contributed by atoms with van der Waals surface area (Å²) in [7, 11) is 1.25. The van der Waals surface area contributed by atoms with Crippen LogP contribution in [0.4, 0.5) is 5.13 Å². The number of aryl methyl sites for hydroxylation is 3. The second-order valence-corrected chi connectivity index (χ2v) is 10.7. The highest BCUT2D eigenvalue weighted by atomic mass is 32.1. The van der Waals surface area contributed by atoms with Crippen LogP contribution in [0.3, 0.4) is 0 Å². The molecule has 12 heteroatoms. The van der Waals surface area contributed by atoms with Gasteiger partial charge in [-0.05, 0) is 57.0 Å². The van der Waals surface area contributed by atoms with Crippen molar-refractivity contribution in [2.75, 3.05) is 25.2 Å². The largest absolute Gasteiger partial charge is 0.505 e. The number of amides is 1. The second-order valence-electron chi connectivity index (χ2n) is 9.74. The number of aromatic nitrogens is 3. The number of methoxy groups -OCH3 is 1. The van der Waals surface area contributed by atoms with Crippen LogP contribution >= 0.6 is 11.3 Å². The minimum Gasteiger partial charge on any atom is -0.505 e. The van der Waals surface area contributed by atoms with E-state index in [2.05, 4.69) is 16.5 Å². The van der Waals surface area contributed by atoms with Crippen LogP contribution in [0.5, 0.6) is 11.5 Å². The quantitative estimate of drug-likeness (QED) is 0.0914. The minimum atomic E-state index is -1.13. The lowest BCUT2D eigenvalue weighted by Crippen LogP contribution is -2.29. The maximum Gasteiger partial charge on any atom is 0.350 e. The third-order valence-electron chi connectivity index (χ3n) is 7.05. The SMILES string of the molecule is C=CCOc1ccc(C2C(=C(O)c3nc4c(C)cccn4c3C)C(=O)C(=O)N2c2nc(C)c(C(=O)OC)s2)cc1OCC. The second kappa shape index (κ2) is 11.7. The highest BCUT2D eigenvalue weighted by Gasteiger charge is 2.49. The fourth-order valence-electron chi connectivity index (χ4n) is 5.02. The third-order valence-corrected chi connectivity index (χ3v) is 8.19. The summed E-state index contributed by atoms with van der Waals surface area (Å²) >= 11 is 0.917. The standard InChI is InChI=1S/C31H30N4O7S/c1-7-14-42-20-12-11-19(15-21(20)41-8-2)24-22(25(36)23-18(5)34-13-9-10-16(3)28(34)33-23)26(37)29(38)35(24)31-32-17(4)27(43-31)30(39)40-6/h7,9-13,15,24,36H,1,8,14H2,2-6H3. The van der Waals surface area contributed by atoms with Gasteiger partial charge in [-0.1, -0.05) is 36.1 Å². The normalized spacial score (nSPS) is 16.1. The smallest absolute Gasteiger partial charge is 0.350 e. The van der Waals surface area contributed by atoms with Crippen molar-refractivity contribution in [2.24, 2.45) is 0 Å². The molecule has 1 atom stereocenters. The van der Waals surface area contributed by atoms with Crippen LogP contribution in [0.25, 0.3) is 11.4 Å². The maximum absolute atomic E-state index is 13.8. The van der Waals surface area contributed by atoms with Crippen LogP contribution in [0, 0.1) is 20.8 Å². The average molecular weight is 603 g/mol. The van der Waals surface area contributed by atoms with Crippen LogP contribution < -0.4 is 14.4 Å². The molecule has 0 radical (unpaired) electrons. The molecule has 222 valence electrons. The minimum absolute atomic E-state index is 0.0940. The summed E-state index contributed by atoms with van der Waals surface area (Å²) in [5, 5.41) is 11.8. The van der Waals surface area contributed by atoms with E-state index in [0.29, 0.717) is 40.7 Å². The van der Waals surface area contributed by atoms with E-state index in [9.17, 15) is 19.5 Å². The van der Waals surface area contributed by atoms with Gasteiger partial charge in [-0.15, -0.1) is 0 Å². The molecule has 4 aromatic rings. The molecule has 0 spiro atoms. The van der Waals surface area contributed by atoms with Crippen molar-refractivity contribution >= 4 is 45.5 Å². The number of thiazole rings is 1. The Kier molecular flexibility index (Phi) is 8.05. The number of nitrogens with zero attached hydrogens (tertiary/aromatic N) is 4. The molecule has 1 fully saturated rings. The van der Waals surface area contributed by atoms with Gasteiger partial charge in [-0.25, -0.2) is 14.8 Å². The molecule has 43 heavy (non-hydrogen) atoms. The van der Waals surface area contributed by atoms with Crippen LogP contribution in [-0.4, -0.2) is 57.5 Å². The number of imidazole rings is 1. The average Bonchev–Trinajstić information content (AvgIpc) is 3.63. The number of rotatable bonds is 9. The summed E-state index contributed by atoms with van der Waals surface area (Å²) in [6.07, 6.45) is 3.40. The van der Waals surface area contributed by atoms with Crippen molar-refractivity contribution < 1.29 is 33.7 Å². The predicted molar refractivity (Wildman–Crippen MR) is 161 cm³/mol. The summed E-state index contributed by atoms with van der Waals surface area (Å²) in [6.45, 7) is 11.3. The number of pyridine rings is 1. The molecule has 1 unspecified atom stereocenters. The van der Waals surface area contributed by atoms with Gasteiger partial charge in [0.25, 0.3) is 5.78 Å². The van der Waals surface area contributed by atoms with Gasteiger partial charge in [-0.3, -0.25) is 14.5 Å². The fourth-order valence-corrected chi connectivity index (χ4v) is 6.03. The zero-order chi connectivity index (χ0) is 31.0. The Morgan fingerprint density at radius 1 is 1.14 bits per heavy atom. The number of anilines is 1. The first-order chi connectivity index (χ1) is 20.6. The van der Waals surface area contributed by atoms with Crippen molar-refractivity contribution in [1.82, 2.24) is 14.4 Å². The molecule has 0 aliphatic carbocycles. The van der Waals surface area contributed by atoms with Crippen molar-refractivity contribution in [2.45, 2.75) is 33.7 Å². The molecular formula is C31H30N4O7S. The number of aliphatic hydroxyl groups excluding tert-OH is 1. The molecule has 4 heterocycles. The van der Waals surface area contributed by atoms with Gasteiger partial charge in [0.15, 0.2) is 22.4 Å². The summed E-state index contributed by atoms with van der Waals surface area (Å²) in [5.41, 5.74) is 2.83. The molecule has 1 aliphatic rings. The van der Waals surface area contributed by atoms with Gasteiger partial charge in [0, 0.05) is 6.20 Å². The molecule has 1 amide bonds. The molecule has 11 nitrogen and oxygen atoms in total. The molecular weight excluding hydrogens is 572 g/mol. The number of hydrogen-bond donors (Lipinski definition) is 1. The Morgan fingerprint density at radius 3 is 2.58 bits per heavy atom. The first kappa shape index (κ1) is 29.5. The van der Waals surface area contributed by atoms with E-state index in [1.165, 1.54) is 12.0 Å². The molecule has 1 N–H and O–H groups in total. The van der Waals surface area contributed by atoms with E-state index >= 15 is 0 Å². The fraction of sp³-hybridized carbons (Fsp3) is 0.258. The zero-order valence-electron chi connectivity index (χ0n) is 24.3. The van der Waals surface area contributed by atoms with Crippen molar-refractivity contribution in [3.05, 3.63) is 87.8 Å². The Morgan fingerprint density at radius 2 is 1.91 bits per heavy atom. The summed E-state index contributed by atoms with van der Waals surface area (Å²) in [5.74, 6) is -2.08. The van der Waals surface area contributed by atoms with Crippen molar-refractivity contribution in [3.8, 4) is 11.5 Å². The van der Waals surface area contributed by atoms with Crippen LogP contribution in [0.15, 0.2) is 54.8 Å². The number of aliphatic hydroxyl groups is 1. The third kappa shape index (κ3) is 5.03. The summed E-state index contributed by atoms with van der Waals surface area (Å²) in [6, 6.07) is 7.61. The number of ether oxygens (including phenoxy) is 3. The van der Waals surface area contributed by atoms with Gasteiger partial charge in [-0.2, -0.15) is 0 Å². The lowest BCUT2D eigenvalue weighted by atomic mass is 9.96. The van der Waals surface area contributed by atoms with E-state index in [-0.39, 0.29) is 27.9 Å². The predicted octanol–water partition coefficient (Wildman–Crippen LogP) is 5.09. The molecule has 1 saturated heterocycles. The Labute approximate surface area is 251 Å². The number of Topliss-reactive ketones (excluding diaryl/α,β-unsaturated/α-hetero) is 1. The Bertz CT molecular complexity index is 1820. The molecule has 5 rings (SSSR count). The molecule has 1 aliphatic heterocycles. The highest BCUT2D eigenvalue weighted by Crippen LogP contribution is 2.46. The number of carbonyl (C=O) groups is 3. The van der Waals surface area contributed by atoms with Crippen LogP contribution in [-0.2, 0) is 14.3 Å². The molecule has 1 aromatic carbocycles. The molecule has 3 aromatic heterocycles. The van der Waals surface area contributed by atoms with Crippen LogP contribution in [0.1, 0.15) is 50.8 Å². The number of fused-ring (bicyclic) bond motifs is 1. The lowest BCUT2D eigenvalue weighted by Gasteiger charge is -2.24. The first-order valence-corrected chi connectivity index (χ1v) is 14.3. The van der Waals surface area contributed by atoms with E-state index < -0.39 is 29.5 Å². The van der Waals surface area contributed by atoms with E-state index in [1.54, 1.807) is 48.7 Å². The number of ketones is 1. The van der Waals surface area contributed by atoms with E-state index in [1.807, 2.05) is 26.0 Å². The number of esters is 1. The van der Waals surface area contributed by atoms with Gasteiger partial charge >= 0.3 is 11.9 Å². The number of carbonyl (C=O) groups excluding carboxylic acids is 3. The van der Waals surface area contributed by atoms with E-state index in [4.69, 9.17) is 14.2 Å². The number of hydrogen-bond acceptors (Lipinski definition) is 10. The highest BCUT2D eigenvalue weighted by molar-refractivity contribution is 7.17. The van der Waals surface area contributed by atoms with Crippen LogP contribution in [0.2, 0.25) is 0 Å². The lowest BCUT2D eigenvalue weighted by molar-refractivity contribution is -0.132. The van der Waals surface area contributed by atoms with E-state index in [0.717, 1.165) is 16.9 Å². The van der Waals surface area contributed by atoms with Gasteiger partial charge < -0.3 is 23.7 Å². The van der Waals surface area contributed by atoms with Crippen molar-refractivity contribution in [1.29, 1.82) is 0 Å². The zero-order valence-corrected chi connectivity index (χ0v) is 25.2. The summed E-state index contributed by atoms with van der Waals surface area (Å²) < 4.78 is 18.3. The maximum atomic E-state index is 13.8. The Hall–Kier alpha value is -4.97.